The Bertz CT molecular complexity index is 702. The summed E-state index contributed by atoms with van der Waals surface area (Å²) in [6, 6.07) is 13.5. The van der Waals surface area contributed by atoms with E-state index < -0.39 is 5.60 Å². The second-order valence-corrected chi connectivity index (χ2v) is 7.15. The number of amides is 1. The highest BCUT2D eigenvalue weighted by Gasteiger charge is 2.19. The van der Waals surface area contributed by atoms with Crippen molar-refractivity contribution < 1.29 is 14.3 Å². The lowest BCUT2D eigenvalue weighted by atomic mass is 9.98. The molecule has 4 heteroatoms. The number of benzene rings is 2. The zero-order valence-electron chi connectivity index (χ0n) is 15.3. The summed E-state index contributed by atoms with van der Waals surface area (Å²) >= 11 is 0. The van der Waals surface area contributed by atoms with E-state index in [4.69, 9.17) is 0 Å². The average Bonchev–Trinajstić information content (AvgIpc) is 2.58. The van der Waals surface area contributed by atoms with Gasteiger partial charge in [0.1, 0.15) is 5.82 Å². The van der Waals surface area contributed by atoms with E-state index in [1.54, 1.807) is 37.9 Å². The number of hydrogen-bond donors (Lipinski definition) is 1. The predicted octanol–water partition coefficient (Wildman–Crippen LogP) is 4.36. The Morgan fingerprint density at radius 1 is 1.12 bits per heavy atom. The number of carbonyl (C=O) groups is 1. The fourth-order valence-corrected chi connectivity index (χ4v) is 2.61. The first kappa shape index (κ1) is 19.1. The molecule has 0 saturated carbocycles. The summed E-state index contributed by atoms with van der Waals surface area (Å²) in [7, 11) is 1.75. The summed E-state index contributed by atoms with van der Waals surface area (Å²) < 4.78 is 13.1. The van der Waals surface area contributed by atoms with Crippen molar-refractivity contribution in [3.05, 3.63) is 71.0 Å². The van der Waals surface area contributed by atoms with E-state index in [1.807, 2.05) is 31.2 Å². The molecule has 2 rings (SSSR count). The van der Waals surface area contributed by atoms with Gasteiger partial charge in [-0.1, -0.05) is 24.3 Å². The lowest BCUT2D eigenvalue weighted by Gasteiger charge is -2.25. The number of nitrogens with zero attached hydrogens (tertiary/aromatic N) is 1. The van der Waals surface area contributed by atoms with Crippen molar-refractivity contribution in [2.75, 3.05) is 7.05 Å². The summed E-state index contributed by atoms with van der Waals surface area (Å²) in [5.41, 5.74) is 1.90. The maximum atomic E-state index is 13.1. The highest BCUT2D eigenvalue weighted by atomic mass is 19.1. The molecule has 0 aromatic heterocycles. The van der Waals surface area contributed by atoms with Crippen LogP contribution in [0, 0.1) is 5.82 Å². The monoisotopic (exact) mass is 343 g/mol. The fourth-order valence-electron chi connectivity index (χ4n) is 2.61. The SMILES string of the molecule is C[C@H](c1ccc(F)cc1)N(C)C(=O)c1ccc(CCC(C)(C)O)cc1. The number of carbonyl (C=O) groups excluding carboxylic acids is 1. The van der Waals surface area contributed by atoms with Gasteiger partial charge >= 0.3 is 0 Å². The molecule has 0 heterocycles. The van der Waals surface area contributed by atoms with Gasteiger partial charge in [0.15, 0.2) is 0 Å². The summed E-state index contributed by atoms with van der Waals surface area (Å²) in [6.45, 7) is 5.50. The molecule has 1 amide bonds. The molecular weight excluding hydrogens is 317 g/mol. The van der Waals surface area contributed by atoms with Gasteiger partial charge in [0, 0.05) is 12.6 Å². The van der Waals surface area contributed by atoms with Crippen molar-refractivity contribution in [1.29, 1.82) is 0 Å². The van der Waals surface area contributed by atoms with Gasteiger partial charge in [0.25, 0.3) is 5.91 Å². The molecule has 0 radical (unpaired) electrons. The van der Waals surface area contributed by atoms with Gasteiger partial charge in [0.05, 0.1) is 11.6 Å². The van der Waals surface area contributed by atoms with Crippen molar-refractivity contribution in [1.82, 2.24) is 4.90 Å². The minimum Gasteiger partial charge on any atom is -0.390 e. The molecule has 134 valence electrons. The third-order valence-electron chi connectivity index (χ3n) is 4.48. The van der Waals surface area contributed by atoms with Crippen LogP contribution in [0.15, 0.2) is 48.5 Å². The van der Waals surface area contributed by atoms with Crippen LogP contribution in [-0.4, -0.2) is 28.6 Å². The van der Waals surface area contributed by atoms with Gasteiger partial charge in [-0.2, -0.15) is 0 Å². The Morgan fingerprint density at radius 3 is 2.20 bits per heavy atom. The van der Waals surface area contributed by atoms with Crippen molar-refractivity contribution in [2.45, 2.75) is 45.3 Å². The number of rotatable bonds is 6. The highest BCUT2D eigenvalue weighted by Crippen LogP contribution is 2.21. The van der Waals surface area contributed by atoms with Gasteiger partial charge in [-0.05, 0) is 69.0 Å². The summed E-state index contributed by atoms with van der Waals surface area (Å²) in [4.78, 5) is 14.3. The van der Waals surface area contributed by atoms with Crippen LogP contribution < -0.4 is 0 Å². The second kappa shape index (κ2) is 7.79. The molecule has 0 bridgehead atoms. The van der Waals surface area contributed by atoms with E-state index in [0.29, 0.717) is 12.0 Å². The first-order valence-corrected chi connectivity index (χ1v) is 8.51. The molecule has 0 saturated heterocycles. The third kappa shape index (κ3) is 5.40. The minimum atomic E-state index is -0.695. The van der Waals surface area contributed by atoms with Crippen LogP contribution in [0.1, 0.15) is 54.7 Å². The first-order chi connectivity index (χ1) is 11.7. The van der Waals surface area contributed by atoms with Gasteiger partial charge in [-0.25, -0.2) is 4.39 Å². The highest BCUT2D eigenvalue weighted by molar-refractivity contribution is 5.94. The third-order valence-corrected chi connectivity index (χ3v) is 4.48. The second-order valence-electron chi connectivity index (χ2n) is 7.15. The minimum absolute atomic E-state index is 0.0779. The predicted molar refractivity (Wildman–Crippen MR) is 98.0 cm³/mol. The van der Waals surface area contributed by atoms with Crippen molar-refractivity contribution in [3.8, 4) is 0 Å². The Kier molecular flexibility index (Phi) is 5.96. The zero-order valence-corrected chi connectivity index (χ0v) is 15.3. The Balaban J connectivity index is 2.05. The largest absolute Gasteiger partial charge is 0.390 e. The van der Waals surface area contributed by atoms with E-state index in [0.717, 1.165) is 17.5 Å². The van der Waals surface area contributed by atoms with Gasteiger partial charge < -0.3 is 10.0 Å². The van der Waals surface area contributed by atoms with Crippen LogP contribution in [0.2, 0.25) is 0 Å². The molecule has 3 nitrogen and oxygen atoms in total. The normalized spacial score (nSPS) is 12.7. The molecule has 0 unspecified atom stereocenters. The van der Waals surface area contributed by atoms with Crippen LogP contribution in [0.4, 0.5) is 4.39 Å². The summed E-state index contributed by atoms with van der Waals surface area (Å²) in [5, 5.41) is 9.80. The van der Waals surface area contributed by atoms with Crippen molar-refractivity contribution in [2.24, 2.45) is 0 Å². The molecule has 1 atom stereocenters. The van der Waals surface area contributed by atoms with Crippen LogP contribution >= 0.6 is 0 Å². The molecule has 2 aromatic carbocycles. The first-order valence-electron chi connectivity index (χ1n) is 8.51. The topological polar surface area (TPSA) is 40.5 Å². The van der Waals surface area contributed by atoms with Crippen molar-refractivity contribution in [3.63, 3.8) is 0 Å². The standard InChI is InChI=1S/C21H26FNO2/c1-15(17-9-11-19(22)12-10-17)23(4)20(24)18-7-5-16(6-8-18)13-14-21(2,3)25/h5-12,15,25H,13-14H2,1-4H3/t15-/m1/s1. The van der Waals surface area contributed by atoms with Crippen LogP contribution in [0.5, 0.6) is 0 Å². The van der Waals surface area contributed by atoms with Gasteiger partial charge in [0.2, 0.25) is 0 Å². The zero-order chi connectivity index (χ0) is 18.6. The number of hydrogen-bond acceptors (Lipinski definition) is 2. The van der Waals surface area contributed by atoms with E-state index in [9.17, 15) is 14.3 Å². The van der Waals surface area contributed by atoms with E-state index in [1.165, 1.54) is 12.1 Å². The smallest absolute Gasteiger partial charge is 0.254 e. The number of aliphatic hydroxyl groups is 1. The molecule has 25 heavy (non-hydrogen) atoms. The summed E-state index contributed by atoms with van der Waals surface area (Å²) in [5.74, 6) is -0.363. The maximum absolute atomic E-state index is 13.1. The maximum Gasteiger partial charge on any atom is 0.254 e. The van der Waals surface area contributed by atoms with Crippen molar-refractivity contribution >= 4 is 5.91 Å². The van der Waals surface area contributed by atoms with E-state index in [-0.39, 0.29) is 17.8 Å². The number of halogens is 1. The molecule has 0 aliphatic heterocycles. The van der Waals surface area contributed by atoms with Crippen LogP contribution in [0.25, 0.3) is 0 Å². The molecule has 0 fully saturated rings. The molecule has 1 N–H and O–H groups in total. The molecule has 0 spiro atoms. The van der Waals surface area contributed by atoms with E-state index in [2.05, 4.69) is 0 Å². The number of aryl methyl sites for hydroxylation is 1. The molecule has 0 aliphatic carbocycles. The van der Waals surface area contributed by atoms with Gasteiger partial charge in [-0.3, -0.25) is 4.79 Å². The molecule has 0 aliphatic rings. The van der Waals surface area contributed by atoms with Crippen LogP contribution in [0.3, 0.4) is 0 Å². The lowest BCUT2D eigenvalue weighted by molar-refractivity contribution is 0.0711. The average molecular weight is 343 g/mol. The quantitative estimate of drug-likeness (QED) is 0.846. The fraction of sp³-hybridized carbons (Fsp3) is 0.381. The van der Waals surface area contributed by atoms with Gasteiger partial charge in [-0.15, -0.1) is 0 Å². The Morgan fingerprint density at radius 2 is 1.68 bits per heavy atom. The summed E-state index contributed by atoms with van der Waals surface area (Å²) in [6.07, 6.45) is 1.43. The molecular formula is C21H26FNO2. The Labute approximate surface area is 149 Å². The van der Waals surface area contributed by atoms with Crippen LogP contribution in [-0.2, 0) is 6.42 Å². The van der Waals surface area contributed by atoms with E-state index >= 15 is 0 Å². The lowest BCUT2D eigenvalue weighted by Crippen LogP contribution is -2.29. The Hall–Kier alpha value is -2.20. The molecule has 2 aromatic rings.